The SMILES string of the molecule is O=C1N2C[C@@H](CC[C@@H]2c2cc(CC3CNC3)on2)N1OS(=O)(=O)O. The van der Waals surface area contributed by atoms with E-state index in [2.05, 4.69) is 14.8 Å². The Morgan fingerprint density at radius 3 is 2.88 bits per heavy atom. The lowest BCUT2D eigenvalue weighted by molar-refractivity contribution is -0.0317. The van der Waals surface area contributed by atoms with Gasteiger partial charge in [0.2, 0.25) is 0 Å². The topological polar surface area (TPSA) is 125 Å². The number of urea groups is 1. The predicted octanol–water partition coefficient (Wildman–Crippen LogP) is 0.112. The number of nitrogens with zero attached hydrogens (tertiary/aromatic N) is 3. The molecule has 3 saturated heterocycles. The average Bonchev–Trinajstić information content (AvgIpc) is 3.02. The Bertz CT molecular complexity index is 745. The van der Waals surface area contributed by atoms with Crippen molar-refractivity contribution in [2.75, 3.05) is 19.6 Å². The molecule has 0 spiro atoms. The van der Waals surface area contributed by atoms with E-state index in [0.29, 0.717) is 31.0 Å². The molecule has 3 aliphatic heterocycles. The number of hydrogen-bond donors (Lipinski definition) is 2. The highest BCUT2D eigenvalue weighted by Gasteiger charge is 2.48. The van der Waals surface area contributed by atoms with Gasteiger partial charge < -0.3 is 14.7 Å². The summed E-state index contributed by atoms with van der Waals surface area (Å²) >= 11 is 0. The maximum absolute atomic E-state index is 12.4. The molecule has 3 fully saturated rings. The Morgan fingerprint density at radius 1 is 1.42 bits per heavy atom. The molecule has 0 radical (unpaired) electrons. The van der Waals surface area contributed by atoms with E-state index in [1.54, 1.807) is 0 Å². The molecular weight excluding hydrogens is 340 g/mol. The highest BCUT2D eigenvalue weighted by atomic mass is 32.3. The van der Waals surface area contributed by atoms with Crippen LogP contribution >= 0.6 is 0 Å². The van der Waals surface area contributed by atoms with Crippen LogP contribution in [0, 0.1) is 5.92 Å². The Kier molecular flexibility index (Phi) is 3.75. The Hall–Kier alpha value is -1.69. The fourth-order valence-corrected chi connectivity index (χ4v) is 3.89. The van der Waals surface area contributed by atoms with Crippen molar-refractivity contribution >= 4 is 16.4 Å². The lowest BCUT2D eigenvalue weighted by atomic mass is 9.96. The van der Waals surface area contributed by atoms with Gasteiger partial charge in [0.15, 0.2) is 0 Å². The van der Waals surface area contributed by atoms with Crippen molar-refractivity contribution in [3.8, 4) is 0 Å². The maximum atomic E-state index is 12.4. The molecule has 3 aliphatic rings. The number of fused-ring (bicyclic) bond motifs is 2. The highest BCUT2D eigenvalue weighted by molar-refractivity contribution is 7.80. The van der Waals surface area contributed by atoms with Crippen molar-refractivity contribution in [3.63, 3.8) is 0 Å². The largest absolute Gasteiger partial charge is 0.418 e. The van der Waals surface area contributed by atoms with Gasteiger partial charge in [0.1, 0.15) is 11.5 Å². The number of piperidine rings is 1. The van der Waals surface area contributed by atoms with Crippen LogP contribution in [0.3, 0.4) is 0 Å². The summed E-state index contributed by atoms with van der Waals surface area (Å²) < 4.78 is 40.4. The van der Waals surface area contributed by atoms with Crippen molar-refractivity contribution in [2.45, 2.75) is 31.3 Å². The zero-order valence-corrected chi connectivity index (χ0v) is 13.6. The molecular formula is C13H18N4O6S. The predicted molar refractivity (Wildman–Crippen MR) is 78.9 cm³/mol. The molecule has 0 aliphatic carbocycles. The van der Waals surface area contributed by atoms with Crippen molar-refractivity contribution in [3.05, 3.63) is 17.5 Å². The number of nitrogens with one attached hydrogen (secondary N) is 1. The first kappa shape index (κ1) is 15.8. The zero-order chi connectivity index (χ0) is 16.9. The van der Waals surface area contributed by atoms with Crippen LogP contribution in [0.5, 0.6) is 0 Å². The molecule has 1 aromatic rings. The molecule has 10 nitrogen and oxygen atoms in total. The second-order valence-electron chi connectivity index (χ2n) is 6.46. The summed E-state index contributed by atoms with van der Waals surface area (Å²) in [5, 5.41) is 8.02. The first-order valence-electron chi connectivity index (χ1n) is 7.84. The number of carbonyl (C=O) groups excluding carboxylic acids is 1. The minimum absolute atomic E-state index is 0.277. The molecule has 4 heterocycles. The van der Waals surface area contributed by atoms with Gasteiger partial charge in [-0.15, -0.1) is 4.28 Å². The van der Waals surface area contributed by atoms with E-state index >= 15 is 0 Å². The van der Waals surface area contributed by atoms with Crippen molar-refractivity contribution in [1.29, 1.82) is 0 Å². The van der Waals surface area contributed by atoms with E-state index in [9.17, 15) is 13.2 Å². The lowest BCUT2D eigenvalue weighted by Crippen LogP contribution is -2.42. The Morgan fingerprint density at radius 2 is 2.21 bits per heavy atom. The fraction of sp³-hybridized carbons (Fsp3) is 0.692. The van der Waals surface area contributed by atoms with Gasteiger partial charge in [-0.3, -0.25) is 4.55 Å². The lowest BCUT2D eigenvalue weighted by Gasteiger charge is -2.28. The number of amides is 2. The molecule has 2 N–H and O–H groups in total. The second-order valence-corrected chi connectivity index (χ2v) is 7.46. The van der Waals surface area contributed by atoms with E-state index < -0.39 is 22.5 Å². The van der Waals surface area contributed by atoms with E-state index in [0.717, 1.165) is 30.3 Å². The van der Waals surface area contributed by atoms with Gasteiger partial charge in [-0.1, -0.05) is 5.16 Å². The number of hydrogen-bond acceptors (Lipinski definition) is 7. The average molecular weight is 358 g/mol. The molecule has 2 amide bonds. The van der Waals surface area contributed by atoms with Gasteiger partial charge in [0, 0.05) is 19.0 Å². The summed E-state index contributed by atoms with van der Waals surface area (Å²) in [5.41, 5.74) is 0.665. The minimum Gasteiger partial charge on any atom is -0.361 e. The van der Waals surface area contributed by atoms with Crippen LogP contribution in [0.25, 0.3) is 0 Å². The summed E-state index contributed by atoms with van der Waals surface area (Å²) in [6, 6.07) is 0.597. The zero-order valence-electron chi connectivity index (χ0n) is 12.8. The molecule has 4 rings (SSSR count). The van der Waals surface area contributed by atoms with E-state index in [1.807, 2.05) is 6.07 Å². The van der Waals surface area contributed by atoms with Gasteiger partial charge >= 0.3 is 16.4 Å². The Labute approximate surface area is 138 Å². The molecule has 0 unspecified atom stereocenters. The molecule has 0 aromatic carbocycles. The fourth-order valence-electron chi connectivity index (χ4n) is 3.50. The van der Waals surface area contributed by atoms with Gasteiger partial charge in [-0.05, 0) is 31.8 Å². The molecule has 132 valence electrons. The third-order valence-electron chi connectivity index (χ3n) is 4.77. The summed E-state index contributed by atoms with van der Waals surface area (Å²) in [6.45, 7) is 2.26. The number of hydroxylamine groups is 2. The quantitative estimate of drug-likeness (QED) is 0.711. The summed E-state index contributed by atoms with van der Waals surface area (Å²) in [6.07, 6.45) is 1.98. The molecule has 1 aromatic heterocycles. The molecule has 0 saturated carbocycles. The number of aromatic nitrogens is 1. The van der Waals surface area contributed by atoms with Crippen molar-refractivity contribution in [1.82, 2.24) is 20.4 Å². The van der Waals surface area contributed by atoms with Gasteiger partial charge in [0.25, 0.3) is 0 Å². The molecule has 2 atom stereocenters. The smallest absolute Gasteiger partial charge is 0.361 e. The van der Waals surface area contributed by atoms with Crippen LogP contribution in [0.4, 0.5) is 4.79 Å². The van der Waals surface area contributed by atoms with Crippen LogP contribution in [-0.4, -0.2) is 59.8 Å². The van der Waals surface area contributed by atoms with Crippen LogP contribution in [-0.2, 0) is 21.1 Å². The molecule has 24 heavy (non-hydrogen) atoms. The van der Waals surface area contributed by atoms with Crippen LogP contribution < -0.4 is 5.32 Å². The van der Waals surface area contributed by atoms with Crippen LogP contribution in [0.15, 0.2) is 10.6 Å². The van der Waals surface area contributed by atoms with Crippen molar-refractivity contribution in [2.24, 2.45) is 5.92 Å². The third kappa shape index (κ3) is 2.88. The van der Waals surface area contributed by atoms with Gasteiger partial charge in [0.05, 0.1) is 12.1 Å². The number of rotatable bonds is 5. The number of carbonyl (C=O) groups is 1. The first-order chi connectivity index (χ1) is 11.4. The molecule has 2 bridgehead atoms. The summed E-state index contributed by atoms with van der Waals surface area (Å²) in [4.78, 5) is 13.9. The summed E-state index contributed by atoms with van der Waals surface area (Å²) in [7, 11) is -4.73. The summed E-state index contributed by atoms with van der Waals surface area (Å²) in [5.74, 6) is 1.34. The standard InChI is InChI=1S/C13H18N4O6S/c18-13-16-7-9(17(13)23-24(19,20)21)1-2-12(16)11-4-10(22-15-11)3-8-5-14-6-8/h4,8-9,12,14H,1-3,5-7H2,(H,19,20,21)/t9-,12-/m1/s1. The highest BCUT2D eigenvalue weighted by Crippen LogP contribution is 2.38. The van der Waals surface area contributed by atoms with Crippen LogP contribution in [0.2, 0.25) is 0 Å². The van der Waals surface area contributed by atoms with Crippen molar-refractivity contribution < 1.29 is 26.6 Å². The minimum atomic E-state index is -4.73. The maximum Gasteiger partial charge on any atom is 0.418 e. The second kappa shape index (κ2) is 5.69. The van der Waals surface area contributed by atoms with Gasteiger partial charge in [-0.2, -0.15) is 13.5 Å². The first-order valence-corrected chi connectivity index (χ1v) is 9.20. The molecule has 11 heteroatoms. The van der Waals surface area contributed by atoms with Crippen LogP contribution in [0.1, 0.15) is 30.3 Å². The van der Waals surface area contributed by atoms with E-state index in [4.69, 9.17) is 9.08 Å². The normalized spacial score (nSPS) is 27.6. The third-order valence-corrected chi connectivity index (χ3v) is 5.12. The Balaban J connectivity index is 1.48. The van der Waals surface area contributed by atoms with Gasteiger partial charge in [-0.25, -0.2) is 4.79 Å². The van der Waals surface area contributed by atoms with E-state index in [-0.39, 0.29) is 6.04 Å². The van der Waals surface area contributed by atoms with E-state index in [1.165, 1.54) is 4.90 Å². The monoisotopic (exact) mass is 358 g/mol.